The van der Waals surface area contributed by atoms with Crippen LogP contribution in [0.15, 0.2) is 24.3 Å². The molecule has 0 aliphatic heterocycles. The maximum Gasteiger partial charge on any atom is 0.145 e. The minimum Gasteiger partial charge on any atom is -0.396 e. The molecule has 92 valence electrons. The number of rotatable bonds is 5. The van der Waals surface area contributed by atoms with Gasteiger partial charge in [-0.25, -0.2) is 0 Å². The molecule has 17 heavy (non-hydrogen) atoms. The van der Waals surface area contributed by atoms with Crippen LogP contribution in [0.5, 0.6) is 0 Å². The minimum atomic E-state index is -1.14. The molecule has 0 saturated heterocycles. The predicted octanol–water partition coefficient (Wildman–Crippen LogP) is 0.620. The monoisotopic (exact) mass is 234 g/mol. The van der Waals surface area contributed by atoms with E-state index in [0.717, 1.165) is 0 Å². The van der Waals surface area contributed by atoms with Gasteiger partial charge in [-0.3, -0.25) is 0 Å². The lowest BCUT2D eigenvalue weighted by atomic mass is 10.1. The Morgan fingerprint density at radius 3 is 2.65 bits per heavy atom. The van der Waals surface area contributed by atoms with Crippen LogP contribution in [0.3, 0.4) is 0 Å². The van der Waals surface area contributed by atoms with Crippen molar-refractivity contribution in [2.45, 2.75) is 32.0 Å². The van der Waals surface area contributed by atoms with Crippen molar-refractivity contribution in [3.8, 4) is 23.7 Å². The van der Waals surface area contributed by atoms with Crippen LogP contribution < -0.4 is 0 Å². The van der Waals surface area contributed by atoms with Gasteiger partial charge in [0, 0.05) is 6.61 Å². The first-order chi connectivity index (χ1) is 8.22. The highest BCUT2D eigenvalue weighted by atomic mass is 16.3. The van der Waals surface area contributed by atoms with Crippen molar-refractivity contribution in [2.75, 3.05) is 6.61 Å². The molecule has 2 atom stereocenters. The van der Waals surface area contributed by atoms with E-state index in [4.69, 9.17) is 5.11 Å². The van der Waals surface area contributed by atoms with Crippen molar-refractivity contribution >= 4 is 0 Å². The van der Waals surface area contributed by atoms with Gasteiger partial charge in [-0.05, 0) is 37.7 Å². The third-order valence-corrected chi connectivity index (χ3v) is 1.79. The zero-order valence-electron chi connectivity index (χ0n) is 9.93. The van der Waals surface area contributed by atoms with Crippen molar-refractivity contribution in [2.24, 2.45) is 0 Å². The molecule has 0 heterocycles. The van der Waals surface area contributed by atoms with Gasteiger partial charge >= 0.3 is 0 Å². The third-order valence-electron chi connectivity index (χ3n) is 1.79. The number of aliphatic hydroxyl groups excluding tert-OH is 3. The van der Waals surface area contributed by atoms with E-state index in [-0.39, 0.29) is 6.61 Å². The summed E-state index contributed by atoms with van der Waals surface area (Å²) in [5.41, 5.74) is 0. The Morgan fingerprint density at radius 1 is 1.24 bits per heavy atom. The first kappa shape index (κ1) is 15.5. The smallest absolute Gasteiger partial charge is 0.145 e. The molecule has 0 aromatic heterocycles. The van der Waals surface area contributed by atoms with Gasteiger partial charge in [-0.15, -0.1) is 0 Å². The summed E-state index contributed by atoms with van der Waals surface area (Å²) in [4.78, 5) is 0. The van der Waals surface area contributed by atoms with Gasteiger partial charge in [0.15, 0.2) is 0 Å². The molecule has 0 fully saturated rings. The van der Waals surface area contributed by atoms with Gasteiger partial charge in [0.25, 0.3) is 0 Å². The van der Waals surface area contributed by atoms with Crippen LogP contribution in [0.2, 0.25) is 0 Å². The van der Waals surface area contributed by atoms with Crippen molar-refractivity contribution in [1.82, 2.24) is 0 Å². The number of hydrogen-bond donors (Lipinski definition) is 3. The molecule has 0 aromatic carbocycles. The van der Waals surface area contributed by atoms with Gasteiger partial charge in [-0.1, -0.05) is 30.1 Å². The number of allylic oxidation sites excluding steroid dienone is 3. The van der Waals surface area contributed by atoms with Gasteiger partial charge in [-0.2, -0.15) is 0 Å². The summed E-state index contributed by atoms with van der Waals surface area (Å²) in [6.07, 6.45) is 5.74. The van der Waals surface area contributed by atoms with E-state index in [1.54, 1.807) is 18.2 Å². The molecule has 0 spiro atoms. The molecule has 0 bridgehead atoms. The lowest BCUT2D eigenvalue weighted by Gasteiger charge is -2.06. The zero-order chi connectivity index (χ0) is 12.9. The van der Waals surface area contributed by atoms with Crippen molar-refractivity contribution in [3.63, 3.8) is 0 Å². The van der Waals surface area contributed by atoms with Gasteiger partial charge in [0.2, 0.25) is 0 Å². The SMILES string of the molecule is CC=CC#CC#C[C@@H](O)[C@H](O)C=CCCCO. The van der Waals surface area contributed by atoms with Gasteiger partial charge in [0.05, 0.1) is 0 Å². The Bertz CT molecular complexity index is 360. The van der Waals surface area contributed by atoms with E-state index < -0.39 is 12.2 Å². The Morgan fingerprint density at radius 2 is 2.00 bits per heavy atom. The van der Waals surface area contributed by atoms with E-state index in [2.05, 4.69) is 23.7 Å². The predicted molar refractivity (Wildman–Crippen MR) is 67.8 cm³/mol. The fourth-order valence-corrected chi connectivity index (χ4v) is 0.907. The van der Waals surface area contributed by atoms with Gasteiger partial charge < -0.3 is 15.3 Å². The fourth-order valence-electron chi connectivity index (χ4n) is 0.907. The fraction of sp³-hybridized carbons (Fsp3) is 0.429. The van der Waals surface area contributed by atoms with Crippen LogP contribution in [-0.2, 0) is 0 Å². The average molecular weight is 234 g/mol. The Kier molecular flexibility index (Phi) is 10.00. The van der Waals surface area contributed by atoms with E-state index in [1.165, 1.54) is 6.08 Å². The summed E-state index contributed by atoms with van der Waals surface area (Å²) in [5.74, 6) is 10.1. The molecule has 0 rings (SSSR count). The summed E-state index contributed by atoms with van der Waals surface area (Å²) in [5, 5.41) is 27.4. The summed E-state index contributed by atoms with van der Waals surface area (Å²) in [6.45, 7) is 1.96. The quantitative estimate of drug-likeness (QED) is 0.371. The number of unbranched alkanes of at least 4 members (excludes halogenated alkanes) is 1. The molecule has 3 heteroatoms. The van der Waals surface area contributed by atoms with Crippen molar-refractivity contribution in [3.05, 3.63) is 24.3 Å². The van der Waals surface area contributed by atoms with E-state index in [1.807, 2.05) is 6.92 Å². The lowest BCUT2D eigenvalue weighted by Crippen LogP contribution is -2.21. The summed E-state index contributed by atoms with van der Waals surface area (Å²) in [7, 11) is 0. The third kappa shape index (κ3) is 9.41. The van der Waals surface area contributed by atoms with Gasteiger partial charge in [0.1, 0.15) is 12.2 Å². The van der Waals surface area contributed by atoms with Crippen LogP contribution in [-0.4, -0.2) is 34.1 Å². The summed E-state index contributed by atoms with van der Waals surface area (Å²) < 4.78 is 0. The largest absolute Gasteiger partial charge is 0.396 e. The van der Waals surface area contributed by atoms with Crippen LogP contribution in [0.25, 0.3) is 0 Å². The highest BCUT2D eigenvalue weighted by Gasteiger charge is 2.08. The highest BCUT2D eigenvalue weighted by molar-refractivity contribution is 5.32. The molecular formula is C14H18O3. The maximum atomic E-state index is 9.46. The minimum absolute atomic E-state index is 0.114. The number of aliphatic hydroxyl groups is 3. The Hall–Kier alpha value is -1.52. The lowest BCUT2D eigenvalue weighted by molar-refractivity contribution is 0.0868. The second-order valence-corrected chi connectivity index (χ2v) is 3.27. The zero-order valence-corrected chi connectivity index (χ0v) is 9.93. The molecule has 0 radical (unpaired) electrons. The molecule has 3 nitrogen and oxygen atoms in total. The van der Waals surface area contributed by atoms with Crippen molar-refractivity contribution < 1.29 is 15.3 Å². The van der Waals surface area contributed by atoms with Crippen LogP contribution in [0.1, 0.15) is 19.8 Å². The average Bonchev–Trinajstić information content (AvgIpc) is 2.34. The second-order valence-electron chi connectivity index (χ2n) is 3.27. The first-order valence-electron chi connectivity index (χ1n) is 5.48. The molecule has 0 saturated carbocycles. The Balaban J connectivity index is 4.09. The second kappa shape index (κ2) is 11.0. The normalized spacial score (nSPS) is 13.9. The molecule has 0 aliphatic rings. The molecule has 0 aliphatic carbocycles. The molecule has 0 unspecified atom stereocenters. The van der Waals surface area contributed by atoms with Crippen molar-refractivity contribution in [1.29, 1.82) is 0 Å². The Labute approximate surface area is 102 Å². The topological polar surface area (TPSA) is 60.7 Å². The summed E-state index contributed by atoms with van der Waals surface area (Å²) in [6, 6.07) is 0. The van der Waals surface area contributed by atoms with Crippen LogP contribution in [0, 0.1) is 23.7 Å². The molecular weight excluding hydrogens is 216 g/mol. The molecule has 0 aromatic rings. The standard InChI is InChI=1S/C14H18O3/c1-2-3-4-5-7-10-13(16)14(17)11-8-6-9-12-15/h2-3,8,11,13-17H,6,9,12H2,1H3/t13-,14-/m1/s1. The van der Waals surface area contributed by atoms with E-state index in [9.17, 15) is 10.2 Å². The van der Waals surface area contributed by atoms with Crippen LogP contribution in [0.4, 0.5) is 0 Å². The number of hydrogen-bond acceptors (Lipinski definition) is 3. The maximum absolute atomic E-state index is 9.46. The summed E-state index contributed by atoms with van der Waals surface area (Å²) >= 11 is 0. The highest BCUT2D eigenvalue weighted by Crippen LogP contribution is 1.97. The molecule has 0 amide bonds. The van der Waals surface area contributed by atoms with E-state index in [0.29, 0.717) is 12.8 Å². The van der Waals surface area contributed by atoms with Crippen LogP contribution >= 0.6 is 0 Å². The first-order valence-corrected chi connectivity index (χ1v) is 5.48. The van der Waals surface area contributed by atoms with E-state index >= 15 is 0 Å². The molecule has 3 N–H and O–H groups in total.